The number of methoxy groups -OCH3 is 1. The summed E-state index contributed by atoms with van der Waals surface area (Å²) in [7, 11) is 8.86. The van der Waals surface area contributed by atoms with Crippen LogP contribution >= 0.6 is 0 Å². The predicted octanol–water partition coefficient (Wildman–Crippen LogP) is 14.8. The van der Waals surface area contributed by atoms with E-state index < -0.39 is 0 Å². The molecule has 5 nitrogen and oxygen atoms in total. The van der Waals surface area contributed by atoms with E-state index in [1.165, 1.54) is 95.6 Å². The van der Waals surface area contributed by atoms with E-state index >= 15 is 0 Å². The first kappa shape index (κ1) is 67.8. The zero-order valence-electron chi connectivity index (χ0n) is 41.7. The first-order chi connectivity index (χ1) is 26.7. The maximum Gasteiger partial charge on any atom is 0.0752 e. The minimum atomic E-state index is -0.210. The van der Waals surface area contributed by atoms with Gasteiger partial charge < -0.3 is 25.2 Å². The Labute approximate surface area is 362 Å². The Morgan fingerprint density at radius 2 is 1.35 bits per heavy atom. The highest BCUT2D eigenvalue weighted by Gasteiger charge is 2.34. The number of ether oxygens (including phenoxy) is 1. The van der Waals surface area contributed by atoms with Crippen molar-refractivity contribution >= 4 is 0 Å². The van der Waals surface area contributed by atoms with Gasteiger partial charge in [-0.1, -0.05) is 146 Å². The molecule has 10 atom stereocenters. The molecule has 3 N–H and O–H groups in total. The molecular formula is C52H112N2O3. The molecule has 1 fully saturated rings. The van der Waals surface area contributed by atoms with E-state index in [0.29, 0.717) is 24.0 Å². The number of fused-ring (bicyclic) bond motifs is 1. The topological polar surface area (TPSA) is 65.0 Å². The van der Waals surface area contributed by atoms with Crippen molar-refractivity contribution in [3.63, 3.8) is 0 Å². The van der Waals surface area contributed by atoms with Gasteiger partial charge in [0.05, 0.1) is 12.2 Å². The average molecular weight is 813 g/mol. The molecule has 5 heteroatoms. The zero-order chi connectivity index (χ0) is 44.5. The molecule has 1 aliphatic heterocycles. The van der Waals surface area contributed by atoms with Crippen molar-refractivity contribution in [1.82, 2.24) is 10.2 Å². The molecule has 57 heavy (non-hydrogen) atoms. The van der Waals surface area contributed by atoms with Gasteiger partial charge in [0.2, 0.25) is 0 Å². The molecule has 3 rings (SSSR count). The third kappa shape index (κ3) is 38.9. The summed E-state index contributed by atoms with van der Waals surface area (Å²) in [6, 6.07) is 0.620. The zero-order valence-corrected chi connectivity index (χ0v) is 41.7. The molecule has 0 aromatic carbocycles. The lowest BCUT2D eigenvalue weighted by molar-refractivity contribution is 0.109. The summed E-state index contributed by atoms with van der Waals surface area (Å²) >= 11 is 0. The van der Waals surface area contributed by atoms with Crippen LogP contribution in [0.2, 0.25) is 0 Å². The van der Waals surface area contributed by atoms with Gasteiger partial charge in [-0.25, -0.2) is 0 Å². The number of aliphatic hydroxyl groups excluding tert-OH is 2. The Balaban J connectivity index is -0.000000198. The van der Waals surface area contributed by atoms with Crippen LogP contribution in [-0.4, -0.2) is 75.3 Å². The normalized spacial score (nSPS) is 27.4. The molecule has 0 aromatic heterocycles. The minimum Gasteiger partial charge on any atom is -0.400 e. The molecule has 0 spiro atoms. The van der Waals surface area contributed by atoms with Gasteiger partial charge in [-0.15, -0.1) is 13.2 Å². The number of aliphatic hydroxyl groups is 2. The van der Waals surface area contributed by atoms with Gasteiger partial charge in [0.1, 0.15) is 0 Å². The van der Waals surface area contributed by atoms with Crippen LogP contribution in [0.1, 0.15) is 200 Å². The average Bonchev–Trinajstić information content (AvgIpc) is 3.61. The third-order valence-electron chi connectivity index (χ3n) is 11.3. The van der Waals surface area contributed by atoms with Crippen molar-refractivity contribution in [2.45, 2.75) is 218 Å². The summed E-state index contributed by atoms with van der Waals surface area (Å²) in [4.78, 5) is 2.63. The van der Waals surface area contributed by atoms with Gasteiger partial charge in [0, 0.05) is 26.8 Å². The number of nitrogens with one attached hydrogen (secondary N) is 1. The molecule has 0 aromatic rings. The molecule has 1 saturated carbocycles. The molecule has 2 bridgehead atoms. The van der Waals surface area contributed by atoms with Crippen molar-refractivity contribution in [3.8, 4) is 0 Å². The highest BCUT2D eigenvalue weighted by molar-refractivity contribution is 5.18. The van der Waals surface area contributed by atoms with E-state index in [1.54, 1.807) is 13.2 Å². The van der Waals surface area contributed by atoms with Gasteiger partial charge in [-0.2, -0.15) is 0 Å². The highest BCUT2D eigenvalue weighted by Crippen LogP contribution is 2.42. The molecule has 2 aliphatic carbocycles. The fourth-order valence-corrected chi connectivity index (χ4v) is 7.87. The number of rotatable bonds is 8. The molecule has 3 aliphatic rings. The summed E-state index contributed by atoms with van der Waals surface area (Å²) in [5.74, 6) is 5.42. The molecule has 1 heterocycles. The highest BCUT2D eigenvalue weighted by atomic mass is 16.5. The van der Waals surface area contributed by atoms with Gasteiger partial charge >= 0.3 is 0 Å². The maximum absolute atomic E-state index is 11.1. The smallest absolute Gasteiger partial charge is 0.0752 e. The Bertz CT molecular complexity index is 815. The van der Waals surface area contributed by atoms with E-state index in [9.17, 15) is 5.11 Å². The van der Waals surface area contributed by atoms with Crippen LogP contribution in [0.25, 0.3) is 0 Å². The fourth-order valence-electron chi connectivity index (χ4n) is 7.87. The number of hydrogen-bond donors (Lipinski definition) is 3. The van der Waals surface area contributed by atoms with Crippen LogP contribution in [0.5, 0.6) is 0 Å². The predicted molar refractivity (Wildman–Crippen MR) is 264 cm³/mol. The Kier molecular flexibility index (Phi) is 58.7. The minimum absolute atomic E-state index is 0. The number of nitrogens with zero attached hydrogens (tertiary/aromatic N) is 1. The maximum atomic E-state index is 11.1. The number of unbranched alkanes of at least 4 members (excludes halogenated alkanes) is 2. The van der Waals surface area contributed by atoms with Crippen LogP contribution in [0.3, 0.4) is 0 Å². The van der Waals surface area contributed by atoms with E-state index in [2.05, 4.69) is 106 Å². The van der Waals surface area contributed by atoms with E-state index in [4.69, 9.17) is 9.84 Å². The van der Waals surface area contributed by atoms with Crippen LogP contribution in [-0.2, 0) is 4.74 Å². The lowest BCUT2D eigenvalue weighted by atomic mass is 9.70. The van der Waals surface area contributed by atoms with Crippen LogP contribution in [0, 0.1) is 41.4 Å². The quantitative estimate of drug-likeness (QED) is 0.213. The van der Waals surface area contributed by atoms with E-state index in [-0.39, 0.29) is 13.5 Å². The van der Waals surface area contributed by atoms with Crippen molar-refractivity contribution < 1.29 is 14.9 Å². The van der Waals surface area contributed by atoms with Crippen molar-refractivity contribution in [1.29, 1.82) is 0 Å². The fraction of sp³-hybridized carbons (Fsp3) is 0.885. The monoisotopic (exact) mass is 813 g/mol. The van der Waals surface area contributed by atoms with Gasteiger partial charge in [-0.3, -0.25) is 0 Å². The van der Waals surface area contributed by atoms with E-state index in [1.807, 2.05) is 40.9 Å². The second-order valence-electron chi connectivity index (χ2n) is 16.8. The van der Waals surface area contributed by atoms with E-state index in [0.717, 1.165) is 56.0 Å². The number of allylic oxidation sites excluding steroid dienone is 3. The Hall–Kier alpha value is -0.980. The summed E-state index contributed by atoms with van der Waals surface area (Å²) in [5.41, 5.74) is 1.36. The van der Waals surface area contributed by atoms with Gasteiger partial charge in [-0.05, 0) is 140 Å². The second kappa shape index (κ2) is 49.4. The number of hydrogen-bond acceptors (Lipinski definition) is 5. The molecule has 0 saturated heterocycles. The first-order valence-corrected chi connectivity index (χ1v) is 23.6. The van der Waals surface area contributed by atoms with Gasteiger partial charge in [0.15, 0.2) is 0 Å². The summed E-state index contributed by atoms with van der Waals surface area (Å²) < 4.78 is 5.05. The standard InChI is InChI=1S/C28H51NO.C7H16O.C4H10.C4H8.C3H6.C2H7N.C2H6.CH4O.CH4/c1-7-23-16-27-17-26(23)15-22(5)29(6)18-21(4)13-25(12-20(3)14-28(27)30)24-10-8-9-19(2)11-24;1-4-5-6-7(2)8-3;2*1-3-4-2;2*1-3-2;2*1-2;/h17,19-26,28,30H,7-16,18H2,1-6H3;7H,4-6H2,1-3H3;3-4H2,1-2H3;3H,1,4H2,2H3;3H,1H2,2H3;3H,1-2H3;1-2H3;2H,1H3;1H4/t19?,20-,21-,22?,23+,24?,25-,26?,28?;;;;;;;;/m1......../s1. The van der Waals surface area contributed by atoms with Crippen molar-refractivity contribution in [3.05, 3.63) is 37.0 Å². The van der Waals surface area contributed by atoms with Crippen molar-refractivity contribution in [2.24, 2.45) is 41.4 Å². The van der Waals surface area contributed by atoms with Crippen LogP contribution < -0.4 is 5.32 Å². The summed E-state index contributed by atoms with van der Waals surface area (Å²) in [5, 5.41) is 20.9. The molecule has 6 unspecified atom stereocenters. The lowest BCUT2D eigenvalue weighted by Crippen LogP contribution is -2.36. The molecule has 348 valence electrons. The first-order valence-electron chi connectivity index (χ1n) is 23.6. The van der Waals surface area contributed by atoms with Crippen LogP contribution in [0.4, 0.5) is 0 Å². The SMILES string of the molecule is C.C=CC.C=CCC.CC.CCCC.CCCCC(C)OC.CC[C@H]1CC2=CC1CC(C)N(C)C[C@H](C)C[C@H](C1CCCC(C)C1)C[C@@H](C)CC2O.CNC.CO. The molecule has 0 radical (unpaired) electrons. The van der Waals surface area contributed by atoms with Crippen molar-refractivity contribution in [2.75, 3.05) is 41.9 Å². The Morgan fingerprint density at radius 3 is 1.77 bits per heavy atom. The summed E-state index contributed by atoms with van der Waals surface area (Å²) in [6.45, 7) is 36.8. The van der Waals surface area contributed by atoms with Gasteiger partial charge in [0.25, 0.3) is 0 Å². The Morgan fingerprint density at radius 1 is 0.860 bits per heavy atom. The third-order valence-corrected chi connectivity index (χ3v) is 11.3. The summed E-state index contributed by atoms with van der Waals surface area (Å²) in [6.07, 6.45) is 26.8. The largest absolute Gasteiger partial charge is 0.400 e. The molecular weight excluding hydrogens is 701 g/mol. The van der Waals surface area contributed by atoms with Crippen LogP contribution in [0.15, 0.2) is 37.0 Å². The lowest BCUT2D eigenvalue weighted by Gasteiger charge is -2.37. The second-order valence-corrected chi connectivity index (χ2v) is 16.8. The molecule has 0 amide bonds.